The minimum Gasteiger partial charge on any atom is -0.301 e. The summed E-state index contributed by atoms with van der Waals surface area (Å²) < 4.78 is 4.90. The zero-order valence-corrected chi connectivity index (χ0v) is 37.8. The molecule has 0 fully saturated rings. The summed E-state index contributed by atoms with van der Waals surface area (Å²) >= 11 is 3.62. The Balaban J connectivity index is 1.11. The Labute approximate surface area is 352 Å². The molecule has 5 heterocycles. The van der Waals surface area contributed by atoms with E-state index in [1.807, 2.05) is 22.7 Å². The van der Waals surface area contributed by atoms with Crippen molar-refractivity contribution in [3.8, 4) is 31.1 Å². The lowest BCUT2D eigenvalue weighted by atomic mass is 9.85. The number of hydrogen-bond acceptors (Lipinski definition) is 3. The normalized spacial score (nSPS) is 13.2. The highest BCUT2D eigenvalue weighted by atomic mass is 32.1. The number of nitrogens with zero attached hydrogens (tertiary/aromatic N) is 3. The number of pyridine rings is 1. The maximum Gasteiger partial charge on any atom is 0.101 e. The van der Waals surface area contributed by atoms with E-state index in [2.05, 4.69) is 207 Å². The molecule has 9 rings (SSSR count). The molecule has 0 atom stereocenters. The molecular formula is C53H55N3S2. The first-order chi connectivity index (χ1) is 27.3. The summed E-state index contributed by atoms with van der Waals surface area (Å²) in [4.78, 5) is 7.63. The zero-order chi connectivity index (χ0) is 41.1. The number of thiophene rings is 2. The summed E-state index contributed by atoms with van der Waals surface area (Å²) in [6.07, 6.45) is 0. The lowest BCUT2D eigenvalue weighted by Gasteiger charge is -2.19. The second-order valence-corrected chi connectivity index (χ2v) is 22.4. The smallest absolute Gasteiger partial charge is 0.101 e. The molecule has 0 unspecified atom stereocenters. The van der Waals surface area contributed by atoms with Crippen LogP contribution in [0.15, 0.2) is 115 Å². The van der Waals surface area contributed by atoms with E-state index < -0.39 is 0 Å². The van der Waals surface area contributed by atoms with Crippen molar-refractivity contribution in [1.29, 1.82) is 0 Å². The largest absolute Gasteiger partial charge is 0.301 e. The van der Waals surface area contributed by atoms with Gasteiger partial charge in [0.2, 0.25) is 0 Å². The molecule has 4 aromatic carbocycles. The molecule has 58 heavy (non-hydrogen) atoms. The second kappa shape index (κ2) is 13.3. The quantitative estimate of drug-likeness (QED) is 0.174. The minimum absolute atomic E-state index is 0.0656. The lowest BCUT2D eigenvalue weighted by molar-refractivity contribution is 0.590. The monoisotopic (exact) mass is 797 g/mol. The summed E-state index contributed by atoms with van der Waals surface area (Å²) in [6, 6.07) is 43.7. The van der Waals surface area contributed by atoms with E-state index in [1.165, 1.54) is 75.9 Å². The van der Waals surface area contributed by atoms with E-state index in [0.29, 0.717) is 0 Å². The van der Waals surface area contributed by atoms with Crippen LogP contribution in [-0.4, -0.2) is 14.1 Å². The van der Waals surface area contributed by atoms with Crippen molar-refractivity contribution in [2.75, 3.05) is 0 Å². The molecule has 294 valence electrons. The van der Waals surface area contributed by atoms with Crippen LogP contribution in [0.5, 0.6) is 0 Å². The van der Waals surface area contributed by atoms with Gasteiger partial charge < -0.3 is 9.13 Å². The van der Waals surface area contributed by atoms with Crippen LogP contribution in [0.4, 0.5) is 0 Å². The second-order valence-electron chi connectivity index (χ2n) is 20.3. The average molecular weight is 798 g/mol. The van der Waals surface area contributed by atoms with Crippen LogP contribution < -0.4 is 0 Å². The third kappa shape index (κ3) is 6.61. The SMILES string of the molecule is CC(C)(C)c1ccc2c(c1)c1cc(C(C)(C)C)ccc1n2-c1ccc(-c2cccc(-c3ccc(-n4c5ccc(C(C)(C)C)cc5c5cc(C(C)(C)C)ccc54)s3)n2)s1. The molecule has 0 aliphatic carbocycles. The van der Waals surface area contributed by atoms with E-state index in [1.54, 1.807) is 0 Å². The van der Waals surface area contributed by atoms with Crippen LogP contribution in [0, 0.1) is 0 Å². The fraction of sp³-hybridized carbons (Fsp3) is 0.302. The number of benzene rings is 4. The van der Waals surface area contributed by atoms with Crippen molar-refractivity contribution >= 4 is 66.3 Å². The first kappa shape index (κ1) is 38.5. The van der Waals surface area contributed by atoms with Gasteiger partial charge in [0.1, 0.15) is 10.0 Å². The van der Waals surface area contributed by atoms with Gasteiger partial charge in [-0.15, -0.1) is 22.7 Å². The molecule has 0 spiro atoms. The van der Waals surface area contributed by atoms with E-state index in [4.69, 9.17) is 4.98 Å². The summed E-state index contributed by atoms with van der Waals surface area (Å²) in [7, 11) is 0. The molecule has 5 aromatic heterocycles. The van der Waals surface area contributed by atoms with Crippen LogP contribution in [0.2, 0.25) is 0 Å². The predicted octanol–water partition coefficient (Wildman–Crippen LogP) is 15.9. The van der Waals surface area contributed by atoms with Crippen LogP contribution >= 0.6 is 22.7 Å². The molecule has 0 saturated heterocycles. The summed E-state index contributed by atoms with van der Waals surface area (Å²) in [6.45, 7) is 27.6. The molecule has 0 bridgehead atoms. The summed E-state index contributed by atoms with van der Waals surface area (Å²) in [5.41, 5.74) is 12.6. The van der Waals surface area contributed by atoms with Gasteiger partial charge in [-0.1, -0.05) is 113 Å². The highest BCUT2D eigenvalue weighted by Gasteiger charge is 2.24. The number of hydrogen-bond donors (Lipinski definition) is 0. The Bertz CT molecular complexity index is 2700. The molecule has 9 aromatic rings. The highest BCUT2D eigenvalue weighted by molar-refractivity contribution is 7.18. The van der Waals surface area contributed by atoms with E-state index in [9.17, 15) is 0 Å². The number of fused-ring (bicyclic) bond motifs is 6. The standard InChI is InChI=1S/C53H55N3S2/c1-50(2,3)32-16-20-42-36(28-32)37-29-33(51(4,5)6)17-21-43(37)55(42)48-26-24-46(57-48)40-14-13-15-41(54-40)47-25-27-49(58-47)56-44-22-18-34(52(7,8)9)30-38(44)39-31-35(53(10,11)12)19-23-45(39)56/h13-31H,1-12H3. The third-order valence-electron chi connectivity index (χ3n) is 11.9. The molecule has 5 heteroatoms. The third-order valence-corrected chi connectivity index (χ3v) is 14.1. The molecule has 0 aliphatic rings. The van der Waals surface area contributed by atoms with Gasteiger partial charge in [0.05, 0.1) is 43.2 Å². The number of rotatable bonds is 4. The van der Waals surface area contributed by atoms with E-state index >= 15 is 0 Å². The van der Waals surface area contributed by atoms with Gasteiger partial charge in [-0.3, -0.25) is 0 Å². The first-order valence-corrected chi connectivity index (χ1v) is 22.3. The van der Waals surface area contributed by atoms with Crippen molar-refractivity contribution in [1.82, 2.24) is 14.1 Å². The molecule has 0 amide bonds. The lowest BCUT2D eigenvalue weighted by Crippen LogP contribution is -2.10. The van der Waals surface area contributed by atoms with Crippen molar-refractivity contribution < 1.29 is 0 Å². The Hall–Kier alpha value is -4.97. The van der Waals surface area contributed by atoms with Crippen molar-refractivity contribution in [3.63, 3.8) is 0 Å². The highest BCUT2D eigenvalue weighted by Crippen LogP contribution is 2.43. The summed E-state index contributed by atoms with van der Waals surface area (Å²) in [5, 5.41) is 7.63. The average Bonchev–Trinajstić information content (AvgIpc) is 3.96. The van der Waals surface area contributed by atoms with E-state index in [-0.39, 0.29) is 21.7 Å². The Morgan fingerprint density at radius 3 is 0.931 bits per heavy atom. The summed E-state index contributed by atoms with van der Waals surface area (Å²) in [5.74, 6) is 0. The maximum absolute atomic E-state index is 5.31. The number of aromatic nitrogens is 3. The molecule has 0 aliphatic heterocycles. The minimum atomic E-state index is 0.0656. The van der Waals surface area contributed by atoms with Gasteiger partial charge in [-0.05, 0) is 129 Å². The molecule has 0 radical (unpaired) electrons. The fourth-order valence-electron chi connectivity index (χ4n) is 8.27. The van der Waals surface area contributed by atoms with Crippen LogP contribution in [0.3, 0.4) is 0 Å². The Morgan fingerprint density at radius 1 is 0.362 bits per heavy atom. The van der Waals surface area contributed by atoms with Crippen molar-refractivity contribution in [3.05, 3.63) is 138 Å². The van der Waals surface area contributed by atoms with Crippen molar-refractivity contribution in [2.45, 2.75) is 105 Å². The fourth-order valence-corrected chi connectivity index (χ4v) is 10.3. The van der Waals surface area contributed by atoms with E-state index in [0.717, 1.165) is 21.1 Å². The van der Waals surface area contributed by atoms with Gasteiger partial charge in [-0.25, -0.2) is 4.98 Å². The van der Waals surface area contributed by atoms with Crippen molar-refractivity contribution in [2.24, 2.45) is 0 Å². The predicted molar refractivity (Wildman–Crippen MR) is 254 cm³/mol. The van der Waals surface area contributed by atoms with Crippen LogP contribution in [-0.2, 0) is 21.7 Å². The van der Waals surface area contributed by atoms with Crippen LogP contribution in [0.25, 0.3) is 74.8 Å². The Kier molecular flexibility index (Phi) is 8.82. The van der Waals surface area contributed by atoms with Gasteiger partial charge >= 0.3 is 0 Å². The molecule has 0 saturated carbocycles. The van der Waals surface area contributed by atoms with Gasteiger partial charge in [0.15, 0.2) is 0 Å². The molecular weight excluding hydrogens is 743 g/mol. The Morgan fingerprint density at radius 2 is 0.655 bits per heavy atom. The maximum atomic E-state index is 5.31. The molecule has 3 nitrogen and oxygen atoms in total. The van der Waals surface area contributed by atoms with Crippen LogP contribution in [0.1, 0.15) is 105 Å². The zero-order valence-electron chi connectivity index (χ0n) is 36.1. The molecule has 0 N–H and O–H groups in total. The van der Waals surface area contributed by atoms with Gasteiger partial charge in [0.25, 0.3) is 0 Å². The van der Waals surface area contributed by atoms with Gasteiger partial charge in [-0.2, -0.15) is 0 Å². The van der Waals surface area contributed by atoms with Gasteiger partial charge in [0, 0.05) is 21.5 Å². The topological polar surface area (TPSA) is 22.8 Å². The first-order valence-electron chi connectivity index (χ1n) is 20.6.